The number of benzene rings is 4. The monoisotopic (exact) mass is 606 g/mol. The first-order valence-corrected chi connectivity index (χ1v) is 13.1. The van der Waals surface area contributed by atoms with Crippen molar-refractivity contribution in [1.29, 1.82) is 0 Å². The van der Waals surface area contributed by atoms with Crippen molar-refractivity contribution in [1.82, 2.24) is 0 Å². The van der Waals surface area contributed by atoms with Gasteiger partial charge in [0, 0.05) is 22.3 Å². The third kappa shape index (κ3) is 7.13. The summed E-state index contributed by atoms with van der Waals surface area (Å²) in [6.07, 6.45) is 2.31. The molecule has 0 fully saturated rings. The largest absolute Gasteiger partial charge is 0.469 e. The van der Waals surface area contributed by atoms with Crippen molar-refractivity contribution in [3.8, 4) is 22.3 Å². The molecule has 0 aromatic heterocycles. The molecule has 0 N–H and O–H groups in total. The van der Waals surface area contributed by atoms with Gasteiger partial charge in [0.1, 0.15) is 11.6 Å². The van der Waals surface area contributed by atoms with Gasteiger partial charge in [-0.25, -0.2) is 30.7 Å². The van der Waals surface area contributed by atoms with Crippen LogP contribution in [0.5, 0.6) is 0 Å². The second-order valence-corrected chi connectivity index (χ2v) is 9.49. The van der Waals surface area contributed by atoms with Gasteiger partial charge in [-0.15, -0.1) is 0 Å². The van der Waals surface area contributed by atoms with Gasteiger partial charge in [0.05, 0.1) is 6.61 Å². The average molecular weight is 607 g/mol. The molecular formula is C33H23F9O. The Morgan fingerprint density at radius 1 is 0.558 bits per heavy atom. The summed E-state index contributed by atoms with van der Waals surface area (Å²) in [7, 11) is 0. The SMILES string of the molecule is CCCCCO/C(F)=C(\F)c1ccc(-c2ccc(-c3ccc(/C(F)=C(\F)c4cc(F)c(F)c(F)c4)c(F)c3)c(F)c2)cc1. The minimum absolute atomic E-state index is 0.0330. The Kier molecular flexibility index (Phi) is 10.0. The van der Waals surface area contributed by atoms with Crippen LogP contribution in [0.1, 0.15) is 42.9 Å². The fourth-order valence-electron chi connectivity index (χ4n) is 4.22. The van der Waals surface area contributed by atoms with Crippen LogP contribution in [-0.2, 0) is 4.74 Å². The van der Waals surface area contributed by atoms with E-state index in [9.17, 15) is 35.1 Å². The van der Waals surface area contributed by atoms with Crippen molar-refractivity contribution in [2.24, 2.45) is 0 Å². The molecule has 0 radical (unpaired) electrons. The molecule has 10 heteroatoms. The Morgan fingerprint density at radius 3 is 1.77 bits per heavy atom. The lowest BCUT2D eigenvalue weighted by molar-refractivity contribution is 0.140. The minimum Gasteiger partial charge on any atom is -0.469 e. The molecule has 0 amide bonds. The molecule has 4 rings (SSSR count). The van der Waals surface area contributed by atoms with E-state index < -0.39 is 63.7 Å². The zero-order valence-corrected chi connectivity index (χ0v) is 22.6. The van der Waals surface area contributed by atoms with E-state index in [1.165, 1.54) is 36.4 Å². The Hall–Kier alpha value is -4.47. The molecule has 0 saturated carbocycles. The summed E-state index contributed by atoms with van der Waals surface area (Å²) in [6.45, 7) is 2.01. The van der Waals surface area contributed by atoms with E-state index in [1.54, 1.807) is 0 Å². The summed E-state index contributed by atoms with van der Waals surface area (Å²) >= 11 is 0. The van der Waals surface area contributed by atoms with Crippen LogP contribution in [0.15, 0.2) is 78.8 Å². The van der Waals surface area contributed by atoms with Crippen molar-refractivity contribution < 1.29 is 44.3 Å². The fraction of sp³-hybridized carbons (Fsp3) is 0.152. The van der Waals surface area contributed by atoms with E-state index in [1.807, 2.05) is 6.92 Å². The topological polar surface area (TPSA) is 9.23 Å². The number of rotatable bonds is 10. The van der Waals surface area contributed by atoms with E-state index in [0.29, 0.717) is 17.5 Å². The predicted octanol–water partition coefficient (Wildman–Crippen LogP) is 11.3. The molecular weight excluding hydrogens is 583 g/mol. The van der Waals surface area contributed by atoms with Crippen molar-refractivity contribution >= 4 is 17.5 Å². The maximum absolute atomic E-state index is 15.1. The molecule has 0 spiro atoms. The first-order valence-electron chi connectivity index (χ1n) is 13.1. The summed E-state index contributed by atoms with van der Waals surface area (Å²) in [5.41, 5.74) is -1.26. The van der Waals surface area contributed by atoms with E-state index in [0.717, 1.165) is 37.1 Å². The molecule has 0 saturated heterocycles. The molecule has 4 aromatic rings. The number of halogens is 9. The predicted molar refractivity (Wildman–Crippen MR) is 147 cm³/mol. The van der Waals surface area contributed by atoms with Crippen LogP contribution >= 0.6 is 0 Å². The van der Waals surface area contributed by atoms with Crippen molar-refractivity contribution in [3.63, 3.8) is 0 Å². The zero-order chi connectivity index (χ0) is 31.3. The summed E-state index contributed by atoms with van der Waals surface area (Å²) in [5.74, 6) is -12.3. The highest BCUT2D eigenvalue weighted by atomic mass is 19.2. The van der Waals surface area contributed by atoms with Crippen molar-refractivity contribution in [2.75, 3.05) is 6.61 Å². The molecule has 0 heterocycles. The molecule has 0 aliphatic carbocycles. The zero-order valence-electron chi connectivity index (χ0n) is 22.6. The Balaban J connectivity index is 1.55. The Labute approximate surface area is 241 Å². The standard InChI is InChI=1S/C33H23F9O/c1-2-3-4-13-43-33(42)30(39)19-7-5-18(6-8-19)20-9-11-23(25(34)14-20)21-10-12-24(26(35)15-21)31(40)29(38)22-16-27(36)32(41)28(37)17-22/h5-12,14-17H,2-4,13H2,1H3/b31-29+,33-30-. The molecule has 0 aliphatic rings. The molecule has 0 aliphatic heterocycles. The summed E-state index contributed by atoms with van der Waals surface area (Å²) in [6, 6.07) is 11.2. The van der Waals surface area contributed by atoms with Gasteiger partial charge < -0.3 is 4.74 Å². The summed E-state index contributed by atoms with van der Waals surface area (Å²) in [4.78, 5) is 0. The van der Waals surface area contributed by atoms with E-state index in [2.05, 4.69) is 0 Å². The molecule has 1 nitrogen and oxygen atoms in total. The Morgan fingerprint density at radius 2 is 1.16 bits per heavy atom. The average Bonchev–Trinajstić information content (AvgIpc) is 3.00. The number of hydrogen-bond donors (Lipinski definition) is 0. The highest BCUT2D eigenvalue weighted by Crippen LogP contribution is 2.35. The second-order valence-electron chi connectivity index (χ2n) is 9.49. The van der Waals surface area contributed by atoms with Crippen LogP contribution in [0.3, 0.4) is 0 Å². The summed E-state index contributed by atoms with van der Waals surface area (Å²) in [5, 5.41) is 0. The van der Waals surface area contributed by atoms with Gasteiger partial charge in [-0.1, -0.05) is 62.2 Å². The molecule has 0 bridgehead atoms. The normalized spacial score (nSPS) is 12.6. The third-order valence-corrected chi connectivity index (χ3v) is 6.54. The maximum atomic E-state index is 15.1. The van der Waals surface area contributed by atoms with Gasteiger partial charge in [0.15, 0.2) is 29.1 Å². The van der Waals surface area contributed by atoms with Gasteiger partial charge in [-0.2, -0.15) is 8.78 Å². The number of hydrogen-bond acceptors (Lipinski definition) is 1. The molecule has 43 heavy (non-hydrogen) atoms. The van der Waals surface area contributed by atoms with Gasteiger partial charge in [-0.05, 0) is 53.4 Å². The minimum atomic E-state index is -1.88. The Bertz CT molecular complexity index is 1670. The lowest BCUT2D eigenvalue weighted by Gasteiger charge is -2.10. The van der Waals surface area contributed by atoms with Crippen LogP contribution in [0.4, 0.5) is 39.5 Å². The smallest absolute Gasteiger partial charge is 0.309 e. The second kappa shape index (κ2) is 13.7. The lowest BCUT2D eigenvalue weighted by Crippen LogP contribution is -1.95. The third-order valence-electron chi connectivity index (χ3n) is 6.54. The van der Waals surface area contributed by atoms with Gasteiger partial charge >= 0.3 is 6.01 Å². The van der Waals surface area contributed by atoms with Gasteiger partial charge in [0.25, 0.3) is 0 Å². The first-order chi connectivity index (χ1) is 20.5. The first kappa shape index (κ1) is 31.5. The van der Waals surface area contributed by atoms with Crippen molar-refractivity contribution in [3.05, 3.63) is 125 Å². The quantitative estimate of drug-likeness (QED) is 0.0574. The van der Waals surface area contributed by atoms with E-state index in [4.69, 9.17) is 4.74 Å². The van der Waals surface area contributed by atoms with E-state index in [-0.39, 0.29) is 35.4 Å². The molecule has 224 valence electrons. The van der Waals surface area contributed by atoms with Gasteiger partial charge in [-0.3, -0.25) is 0 Å². The highest BCUT2D eigenvalue weighted by Gasteiger charge is 2.20. The molecule has 0 unspecified atom stereocenters. The number of ether oxygens (including phenoxy) is 1. The highest BCUT2D eigenvalue weighted by molar-refractivity contribution is 5.84. The van der Waals surface area contributed by atoms with Crippen molar-refractivity contribution in [2.45, 2.75) is 26.2 Å². The van der Waals surface area contributed by atoms with E-state index >= 15 is 4.39 Å². The van der Waals surface area contributed by atoms with Crippen LogP contribution in [-0.4, -0.2) is 6.61 Å². The fourth-order valence-corrected chi connectivity index (χ4v) is 4.22. The summed E-state index contributed by atoms with van der Waals surface area (Å²) < 4.78 is 132. The van der Waals surface area contributed by atoms with Crippen LogP contribution in [0.2, 0.25) is 0 Å². The molecule has 0 atom stereocenters. The van der Waals surface area contributed by atoms with Gasteiger partial charge in [0.2, 0.25) is 5.83 Å². The molecule has 4 aromatic carbocycles. The lowest BCUT2D eigenvalue weighted by atomic mass is 9.97. The van der Waals surface area contributed by atoms with Crippen LogP contribution in [0.25, 0.3) is 39.7 Å². The van der Waals surface area contributed by atoms with Crippen LogP contribution < -0.4 is 0 Å². The maximum Gasteiger partial charge on any atom is 0.309 e. The van der Waals surface area contributed by atoms with Crippen LogP contribution in [0, 0.1) is 29.1 Å². The number of unbranched alkanes of at least 4 members (excludes halogenated alkanes) is 2.